The number of hydrogen-bond acceptors (Lipinski definition) is 5. The van der Waals surface area contributed by atoms with Gasteiger partial charge in [0.1, 0.15) is 0 Å². The van der Waals surface area contributed by atoms with Crippen molar-refractivity contribution < 1.29 is 14.2 Å². The van der Waals surface area contributed by atoms with E-state index in [0.29, 0.717) is 12.7 Å². The van der Waals surface area contributed by atoms with Gasteiger partial charge in [-0.2, -0.15) is 0 Å². The second-order valence-electron chi connectivity index (χ2n) is 6.40. The number of ether oxygens (including phenoxy) is 3. The normalized spacial score (nSPS) is 19.5. The first-order valence-electron chi connectivity index (χ1n) is 8.43. The van der Waals surface area contributed by atoms with Crippen molar-refractivity contribution in [1.82, 2.24) is 14.5 Å². The van der Waals surface area contributed by atoms with E-state index in [1.165, 1.54) is 11.3 Å². The van der Waals surface area contributed by atoms with Crippen LogP contribution in [0.1, 0.15) is 29.8 Å². The molecule has 0 amide bonds. The van der Waals surface area contributed by atoms with Crippen molar-refractivity contribution in [3.05, 3.63) is 41.5 Å². The van der Waals surface area contributed by atoms with Crippen LogP contribution in [0.5, 0.6) is 11.5 Å². The van der Waals surface area contributed by atoms with Crippen LogP contribution in [0.4, 0.5) is 0 Å². The number of hydrogen-bond donors (Lipinski definition) is 0. The molecular formula is C18H23N3O3. The number of aryl methyl sites for hydroxylation is 1. The van der Waals surface area contributed by atoms with Crippen LogP contribution < -0.4 is 9.47 Å². The molecule has 0 bridgehead atoms. The molecular weight excluding hydrogens is 306 g/mol. The molecule has 6 heteroatoms. The average molecular weight is 329 g/mol. The van der Waals surface area contributed by atoms with Crippen LogP contribution >= 0.6 is 0 Å². The van der Waals surface area contributed by atoms with Gasteiger partial charge in [-0.15, -0.1) is 0 Å². The summed E-state index contributed by atoms with van der Waals surface area (Å²) in [6, 6.07) is 6.18. The highest BCUT2D eigenvalue weighted by Crippen LogP contribution is 2.34. The first-order chi connectivity index (χ1) is 11.7. The maximum atomic E-state index is 5.71. The van der Waals surface area contributed by atoms with Crippen LogP contribution in [-0.2, 0) is 24.9 Å². The Morgan fingerprint density at radius 2 is 2.17 bits per heavy atom. The lowest BCUT2D eigenvalue weighted by molar-refractivity contribution is 0.102. The summed E-state index contributed by atoms with van der Waals surface area (Å²) >= 11 is 0. The van der Waals surface area contributed by atoms with Crippen molar-refractivity contribution in [3.63, 3.8) is 0 Å². The highest BCUT2D eigenvalue weighted by Gasteiger charge is 2.29. The largest absolute Gasteiger partial charge is 0.454 e. The van der Waals surface area contributed by atoms with Gasteiger partial charge in [-0.3, -0.25) is 4.90 Å². The lowest BCUT2D eigenvalue weighted by Gasteiger charge is -2.32. The molecule has 0 saturated heterocycles. The summed E-state index contributed by atoms with van der Waals surface area (Å²) in [5.41, 5.74) is 3.70. The van der Waals surface area contributed by atoms with Crippen molar-refractivity contribution >= 4 is 0 Å². The minimum Gasteiger partial charge on any atom is -0.454 e. The van der Waals surface area contributed by atoms with Crippen LogP contribution in [0.2, 0.25) is 0 Å². The van der Waals surface area contributed by atoms with E-state index in [4.69, 9.17) is 14.2 Å². The number of rotatable bonds is 5. The lowest BCUT2D eigenvalue weighted by Crippen LogP contribution is -2.36. The predicted octanol–water partition coefficient (Wildman–Crippen LogP) is 2.28. The standard InChI is InChI=1S/C18H23N3O3/c1-3-22-10-14-8-21(9-15-18(14)20(2)11-19-15)7-13-4-5-16-17(6-13)24-12-23-16/h4-6,11,14H,3,7-10,12H2,1-2H3/t14-/m0/s1. The lowest BCUT2D eigenvalue weighted by atomic mass is 9.98. The van der Waals surface area contributed by atoms with Gasteiger partial charge in [-0.05, 0) is 24.6 Å². The van der Waals surface area contributed by atoms with E-state index in [2.05, 4.69) is 33.6 Å². The zero-order valence-electron chi connectivity index (χ0n) is 14.2. The summed E-state index contributed by atoms with van der Waals surface area (Å²) in [6.45, 7) is 6.55. The van der Waals surface area contributed by atoms with Crippen molar-refractivity contribution in [2.45, 2.75) is 25.9 Å². The maximum absolute atomic E-state index is 5.71. The van der Waals surface area contributed by atoms with E-state index >= 15 is 0 Å². The first kappa shape index (κ1) is 15.5. The number of aromatic nitrogens is 2. The van der Waals surface area contributed by atoms with Gasteiger partial charge in [0.2, 0.25) is 6.79 Å². The molecule has 0 unspecified atom stereocenters. The second kappa shape index (κ2) is 6.45. The molecule has 128 valence electrons. The minimum absolute atomic E-state index is 0.316. The Hall–Kier alpha value is -2.05. The number of benzene rings is 1. The molecule has 1 aromatic carbocycles. The third kappa shape index (κ3) is 2.87. The molecule has 0 N–H and O–H groups in total. The van der Waals surface area contributed by atoms with Gasteiger partial charge >= 0.3 is 0 Å². The van der Waals surface area contributed by atoms with Crippen molar-refractivity contribution in [3.8, 4) is 11.5 Å². The van der Waals surface area contributed by atoms with Gasteiger partial charge in [0.15, 0.2) is 11.5 Å². The molecule has 3 heterocycles. The first-order valence-corrected chi connectivity index (χ1v) is 8.43. The summed E-state index contributed by atoms with van der Waals surface area (Å²) in [7, 11) is 2.07. The Morgan fingerprint density at radius 3 is 3.04 bits per heavy atom. The third-order valence-corrected chi connectivity index (χ3v) is 4.67. The molecule has 2 aliphatic rings. The minimum atomic E-state index is 0.316. The molecule has 2 aliphatic heterocycles. The van der Waals surface area contributed by atoms with Crippen molar-refractivity contribution in [1.29, 1.82) is 0 Å². The number of fused-ring (bicyclic) bond motifs is 2. The van der Waals surface area contributed by atoms with Gasteiger partial charge < -0.3 is 18.8 Å². The summed E-state index contributed by atoms with van der Waals surface area (Å²) < 4.78 is 18.7. The Balaban J connectivity index is 1.52. The van der Waals surface area contributed by atoms with Gasteiger partial charge in [0, 0.05) is 44.9 Å². The van der Waals surface area contributed by atoms with Gasteiger partial charge in [-0.25, -0.2) is 4.98 Å². The van der Waals surface area contributed by atoms with Crippen LogP contribution in [0.15, 0.2) is 24.5 Å². The monoisotopic (exact) mass is 329 g/mol. The molecule has 0 spiro atoms. The van der Waals surface area contributed by atoms with Crippen molar-refractivity contribution in [2.75, 3.05) is 26.6 Å². The Labute approximate surface area is 142 Å². The molecule has 1 atom stereocenters. The fraction of sp³-hybridized carbons (Fsp3) is 0.500. The molecule has 6 nitrogen and oxygen atoms in total. The van der Waals surface area contributed by atoms with Crippen LogP contribution in [0.25, 0.3) is 0 Å². The van der Waals surface area contributed by atoms with E-state index in [9.17, 15) is 0 Å². The molecule has 2 aromatic rings. The highest BCUT2D eigenvalue weighted by atomic mass is 16.7. The van der Waals surface area contributed by atoms with E-state index in [0.717, 1.165) is 50.0 Å². The molecule has 0 saturated carbocycles. The van der Waals surface area contributed by atoms with E-state index < -0.39 is 0 Å². The highest BCUT2D eigenvalue weighted by molar-refractivity contribution is 5.44. The van der Waals surface area contributed by atoms with E-state index in [1.807, 2.05) is 19.3 Å². The summed E-state index contributed by atoms with van der Waals surface area (Å²) in [6.07, 6.45) is 1.91. The zero-order chi connectivity index (χ0) is 16.5. The van der Waals surface area contributed by atoms with Crippen LogP contribution in [-0.4, -0.2) is 41.0 Å². The Morgan fingerprint density at radius 1 is 1.29 bits per heavy atom. The van der Waals surface area contributed by atoms with Crippen LogP contribution in [0, 0.1) is 0 Å². The fourth-order valence-electron chi connectivity index (χ4n) is 3.62. The summed E-state index contributed by atoms with van der Waals surface area (Å²) in [5.74, 6) is 2.03. The predicted molar refractivity (Wildman–Crippen MR) is 89.1 cm³/mol. The Kier molecular flexibility index (Phi) is 4.16. The van der Waals surface area contributed by atoms with Gasteiger partial charge in [0.05, 0.1) is 18.6 Å². The molecule has 0 radical (unpaired) electrons. The Bertz CT molecular complexity index is 728. The summed E-state index contributed by atoms with van der Waals surface area (Å²) in [4.78, 5) is 7.01. The van der Waals surface area contributed by atoms with E-state index in [-0.39, 0.29) is 0 Å². The zero-order valence-corrected chi connectivity index (χ0v) is 14.2. The SMILES string of the molecule is CCOC[C@@H]1CN(Cc2ccc3c(c2)OCO3)Cc2ncn(C)c21. The van der Waals surface area contributed by atoms with Crippen LogP contribution in [0.3, 0.4) is 0 Å². The van der Waals surface area contributed by atoms with Gasteiger partial charge in [0.25, 0.3) is 0 Å². The second-order valence-corrected chi connectivity index (χ2v) is 6.40. The molecule has 0 fully saturated rings. The average Bonchev–Trinajstić information content (AvgIpc) is 3.19. The molecule has 24 heavy (non-hydrogen) atoms. The van der Waals surface area contributed by atoms with E-state index in [1.54, 1.807) is 0 Å². The smallest absolute Gasteiger partial charge is 0.231 e. The maximum Gasteiger partial charge on any atom is 0.231 e. The van der Waals surface area contributed by atoms with Crippen molar-refractivity contribution in [2.24, 2.45) is 7.05 Å². The summed E-state index contributed by atoms with van der Waals surface area (Å²) in [5, 5.41) is 0. The third-order valence-electron chi connectivity index (χ3n) is 4.67. The molecule has 1 aromatic heterocycles. The number of nitrogens with zero attached hydrogens (tertiary/aromatic N) is 3. The molecule has 4 rings (SSSR count). The fourth-order valence-corrected chi connectivity index (χ4v) is 3.62. The quantitative estimate of drug-likeness (QED) is 0.842. The topological polar surface area (TPSA) is 48.8 Å². The number of imidazole rings is 1. The van der Waals surface area contributed by atoms with Gasteiger partial charge in [-0.1, -0.05) is 6.07 Å². The molecule has 0 aliphatic carbocycles.